The molecule has 6 nitrogen and oxygen atoms in total. The lowest BCUT2D eigenvalue weighted by molar-refractivity contribution is 0.412. The van der Waals surface area contributed by atoms with E-state index in [0.717, 1.165) is 16.9 Å². The first-order chi connectivity index (χ1) is 13.0. The lowest BCUT2D eigenvalue weighted by Crippen LogP contribution is -2.24. The number of ether oxygens (including phenoxy) is 2. The quantitative estimate of drug-likeness (QED) is 0.643. The van der Waals surface area contributed by atoms with Crippen LogP contribution in [0.2, 0.25) is 0 Å². The van der Waals surface area contributed by atoms with Gasteiger partial charge in [0, 0.05) is 18.8 Å². The summed E-state index contributed by atoms with van der Waals surface area (Å²) in [5.41, 5.74) is 1.49. The van der Waals surface area contributed by atoms with E-state index in [1.165, 1.54) is 0 Å². The van der Waals surface area contributed by atoms with E-state index in [9.17, 15) is 8.42 Å². The lowest BCUT2D eigenvalue weighted by atomic mass is 10.2. The Morgan fingerprint density at radius 2 is 1.63 bits per heavy atom. The summed E-state index contributed by atoms with van der Waals surface area (Å²) < 4.78 is 37.9. The van der Waals surface area contributed by atoms with Crippen molar-refractivity contribution in [2.75, 3.05) is 7.11 Å². The Bertz CT molecular complexity index is 974. The highest BCUT2D eigenvalue weighted by atomic mass is 32.2. The predicted octanol–water partition coefficient (Wildman–Crippen LogP) is 3.50. The zero-order chi connectivity index (χ0) is 19.1. The Balaban J connectivity index is 1.61. The van der Waals surface area contributed by atoms with Gasteiger partial charge in [0.25, 0.3) is 0 Å². The molecule has 0 aliphatic heterocycles. The van der Waals surface area contributed by atoms with E-state index in [1.807, 2.05) is 18.2 Å². The molecule has 2 aromatic carbocycles. The number of methoxy groups -OCH3 is 1. The molecule has 0 fully saturated rings. The van der Waals surface area contributed by atoms with Crippen LogP contribution in [0.4, 0.5) is 0 Å². The number of pyridine rings is 1. The highest BCUT2D eigenvalue weighted by Gasteiger charge is 2.11. The first-order valence-corrected chi connectivity index (χ1v) is 9.97. The molecule has 0 saturated carbocycles. The largest absolute Gasteiger partial charge is 0.497 e. The van der Waals surface area contributed by atoms with Crippen LogP contribution in [-0.4, -0.2) is 20.5 Å². The summed E-state index contributed by atoms with van der Waals surface area (Å²) in [6, 6.07) is 19.6. The Morgan fingerprint density at radius 1 is 0.926 bits per heavy atom. The van der Waals surface area contributed by atoms with E-state index in [0.29, 0.717) is 11.6 Å². The molecule has 0 spiro atoms. The van der Waals surface area contributed by atoms with E-state index in [4.69, 9.17) is 9.47 Å². The molecule has 0 aliphatic carbocycles. The van der Waals surface area contributed by atoms with Gasteiger partial charge >= 0.3 is 0 Å². The van der Waals surface area contributed by atoms with Crippen LogP contribution in [0.25, 0.3) is 0 Å². The van der Waals surface area contributed by atoms with Gasteiger partial charge in [0.15, 0.2) is 0 Å². The summed E-state index contributed by atoms with van der Waals surface area (Å²) in [4.78, 5) is 4.16. The Hall–Kier alpha value is -2.90. The molecule has 0 unspecified atom stereocenters. The van der Waals surface area contributed by atoms with E-state index in [2.05, 4.69) is 9.71 Å². The molecular formula is C20H20N2O4S. The summed E-state index contributed by atoms with van der Waals surface area (Å²) in [6.07, 6.45) is 1.58. The van der Waals surface area contributed by atoms with Crippen LogP contribution in [0, 0.1) is 0 Å². The third kappa shape index (κ3) is 5.80. The number of nitrogens with zero attached hydrogens (tertiary/aromatic N) is 1. The fraction of sp³-hybridized carbons (Fsp3) is 0.150. The average molecular weight is 384 g/mol. The van der Waals surface area contributed by atoms with Gasteiger partial charge in [-0.05, 0) is 41.5 Å². The number of hydrogen-bond donors (Lipinski definition) is 1. The molecule has 0 aliphatic rings. The number of hydrogen-bond acceptors (Lipinski definition) is 5. The zero-order valence-electron chi connectivity index (χ0n) is 14.8. The number of nitrogens with one attached hydrogen (secondary N) is 1. The number of aromatic nitrogens is 1. The van der Waals surface area contributed by atoms with Crippen molar-refractivity contribution in [3.63, 3.8) is 0 Å². The van der Waals surface area contributed by atoms with Crippen molar-refractivity contribution in [1.29, 1.82) is 0 Å². The summed E-state index contributed by atoms with van der Waals surface area (Å²) in [5, 5.41) is 0. The zero-order valence-corrected chi connectivity index (χ0v) is 15.6. The summed E-state index contributed by atoms with van der Waals surface area (Å²) >= 11 is 0. The van der Waals surface area contributed by atoms with Gasteiger partial charge in [0.2, 0.25) is 15.9 Å². The summed E-state index contributed by atoms with van der Waals surface area (Å²) in [5.74, 6) is 1.68. The molecule has 0 bridgehead atoms. The van der Waals surface area contributed by atoms with Crippen LogP contribution in [0.3, 0.4) is 0 Å². The fourth-order valence-corrected chi connectivity index (χ4v) is 3.54. The van der Waals surface area contributed by atoms with Crippen molar-refractivity contribution < 1.29 is 17.9 Å². The second kappa shape index (κ2) is 8.66. The second-order valence-electron chi connectivity index (χ2n) is 5.85. The van der Waals surface area contributed by atoms with Gasteiger partial charge in [-0.15, -0.1) is 0 Å². The smallest absolute Gasteiger partial charge is 0.219 e. The predicted molar refractivity (Wildman–Crippen MR) is 103 cm³/mol. The molecule has 0 radical (unpaired) electrons. The van der Waals surface area contributed by atoms with Crippen molar-refractivity contribution in [3.8, 4) is 17.4 Å². The van der Waals surface area contributed by atoms with Crippen LogP contribution >= 0.6 is 0 Å². The maximum Gasteiger partial charge on any atom is 0.219 e. The maximum absolute atomic E-state index is 12.2. The van der Waals surface area contributed by atoms with Crippen LogP contribution < -0.4 is 14.2 Å². The van der Waals surface area contributed by atoms with Crippen molar-refractivity contribution in [2.45, 2.75) is 12.3 Å². The van der Waals surface area contributed by atoms with Crippen molar-refractivity contribution >= 4 is 10.0 Å². The van der Waals surface area contributed by atoms with Gasteiger partial charge < -0.3 is 9.47 Å². The van der Waals surface area contributed by atoms with Gasteiger partial charge in [-0.3, -0.25) is 0 Å². The van der Waals surface area contributed by atoms with Crippen LogP contribution in [0.5, 0.6) is 17.4 Å². The molecule has 3 rings (SSSR count). The van der Waals surface area contributed by atoms with E-state index < -0.39 is 10.0 Å². The van der Waals surface area contributed by atoms with Crippen molar-refractivity contribution in [3.05, 3.63) is 84.1 Å². The van der Waals surface area contributed by atoms with Crippen LogP contribution in [0.15, 0.2) is 72.9 Å². The first-order valence-electron chi connectivity index (χ1n) is 8.32. The van der Waals surface area contributed by atoms with E-state index >= 15 is 0 Å². The lowest BCUT2D eigenvalue weighted by Gasteiger charge is -2.09. The molecule has 0 amide bonds. The SMILES string of the molecule is COc1ccc(Oc2cc(CNS(=O)(=O)Cc3ccccc3)ccn2)cc1. The molecule has 0 saturated heterocycles. The third-order valence-corrected chi connectivity index (χ3v) is 5.07. The van der Waals surface area contributed by atoms with Crippen LogP contribution in [0.1, 0.15) is 11.1 Å². The second-order valence-corrected chi connectivity index (χ2v) is 7.65. The van der Waals surface area contributed by atoms with Gasteiger partial charge in [-0.1, -0.05) is 30.3 Å². The fourth-order valence-electron chi connectivity index (χ4n) is 2.42. The van der Waals surface area contributed by atoms with Gasteiger partial charge in [0.1, 0.15) is 11.5 Å². The molecule has 27 heavy (non-hydrogen) atoms. The number of benzene rings is 2. The van der Waals surface area contributed by atoms with E-state index in [1.54, 1.807) is 61.8 Å². The topological polar surface area (TPSA) is 77.5 Å². The van der Waals surface area contributed by atoms with Crippen molar-refractivity contribution in [2.24, 2.45) is 0 Å². The third-order valence-electron chi connectivity index (χ3n) is 3.78. The van der Waals surface area contributed by atoms with Crippen LogP contribution in [-0.2, 0) is 22.3 Å². The average Bonchev–Trinajstić information content (AvgIpc) is 2.68. The molecule has 140 valence electrons. The highest BCUT2D eigenvalue weighted by molar-refractivity contribution is 7.88. The Kier molecular flexibility index (Phi) is 6.05. The van der Waals surface area contributed by atoms with E-state index in [-0.39, 0.29) is 12.3 Å². The van der Waals surface area contributed by atoms with Crippen molar-refractivity contribution in [1.82, 2.24) is 9.71 Å². The standard InChI is InChI=1S/C20H20N2O4S/c1-25-18-7-9-19(10-8-18)26-20-13-17(11-12-21-20)14-22-27(23,24)15-16-5-3-2-4-6-16/h2-13,22H,14-15H2,1H3. The molecule has 1 heterocycles. The minimum atomic E-state index is -3.44. The van der Waals surface area contributed by atoms with Gasteiger partial charge in [0.05, 0.1) is 12.9 Å². The minimum absolute atomic E-state index is 0.0614. The molecule has 1 N–H and O–H groups in total. The molecule has 0 atom stereocenters. The maximum atomic E-state index is 12.2. The monoisotopic (exact) mass is 384 g/mol. The summed E-state index contributed by atoms with van der Waals surface area (Å²) in [7, 11) is -1.84. The van der Waals surface area contributed by atoms with Gasteiger partial charge in [-0.2, -0.15) is 0 Å². The molecule has 1 aromatic heterocycles. The summed E-state index contributed by atoms with van der Waals surface area (Å²) in [6.45, 7) is 0.163. The molecule has 3 aromatic rings. The normalized spacial score (nSPS) is 11.1. The number of rotatable bonds is 8. The van der Waals surface area contributed by atoms with Gasteiger partial charge in [-0.25, -0.2) is 18.1 Å². The molecular weight excluding hydrogens is 364 g/mol. The number of sulfonamides is 1. The highest BCUT2D eigenvalue weighted by Crippen LogP contribution is 2.22. The first kappa shape index (κ1) is 18.9. The minimum Gasteiger partial charge on any atom is -0.497 e. The Morgan fingerprint density at radius 3 is 2.33 bits per heavy atom. The molecule has 7 heteroatoms. The Labute approximate surface area is 158 Å².